The Morgan fingerprint density at radius 3 is 3.27 bits per heavy atom. The number of aromatic nitrogens is 2. The molecule has 15 heavy (non-hydrogen) atoms. The highest BCUT2D eigenvalue weighted by molar-refractivity contribution is 4.98. The van der Waals surface area contributed by atoms with Crippen LogP contribution in [-0.4, -0.2) is 29.3 Å². The van der Waals surface area contributed by atoms with Crippen molar-refractivity contribution >= 4 is 0 Å². The lowest BCUT2D eigenvalue weighted by molar-refractivity contribution is 0.464. The topological polar surface area (TPSA) is 49.8 Å². The number of hydrogen-bond donors (Lipinski definition) is 2. The van der Waals surface area contributed by atoms with Crippen LogP contribution in [-0.2, 0) is 6.54 Å². The summed E-state index contributed by atoms with van der Waals surface area (Å²) in [4.78, 5) is 0. The van der Waals surface area contributed by atoms with E-state index < -0.39 is 0 Å². The predicted molar refractivity (Wildman–Crippen MR) is 59.4 cm³/mol. The van der Waals surface area contributed by atoms with Gasteiger partial charge < -0.3 is 10.6 Å². The first-order valence-corrected chi connectivity index (χ1v) is 5.66. The molecule has 1 unspecified atom stereocenters. The monoisotopic (exact) mass is 206 g/mol. The molecular formula is C11H18N4. The molecule has 0 amide bonds. The molecule has 0 spiro atoms. The van der Waals surface area contributed by atoms with E-state index in [1.807, 2.05) is 12.1 Å². The van der Waals surface area contributed by atoms with E-state index >= 15 is 0 Å². The van der Waals surface area contributed by atoms with Crippen molar-refractivity contribution in [1.82, 2.24) is 20.8 Å². The number of hydrogen-bond acceptors (Lipinski definition) is 4. The highest BCUT2D eigenvalue weighted by Crippen LogP contribution is 2.05. The normalized spacial score (nSPS) is 22.3. The standard InChI is InChI=1S/C11H18N4/c1-3-10(5-8-12-6-1)13-9-11-4-2-7-14-15-11/h2,4,7,10,12-13H,1,3,5-6,8-9H2. The van der Waals surface area contributed by atoms with Crippen molar-refractivity contribution < 1.29 is 0 Å². The second-order valence-electron chi connectivity index (χ2n) is 3.97. The number of nitrogens with one attached hydrogen (secondary N) is 2. The van der Waals surface area contributed by atoms with Crippen molar-refractivity contribution in [3.63, 3.8) is 0 Å². The maximum Gasteiger partial charge on any atom is 0.0769 e. The van der Waals surface area contributed by atoms with Crippen LogP contribution < -0.4 is 10.6 Å². The Hall–Kier alpha value is -1.00. The van der Waals surface area contributed by atoms with Crippen LogP contribution in [0.15, 0.2) is 18.3 Å². The summed E-state index contributed by atoms with van der Waals surface area (Å²) >= 11 is 0. The Kier molecular flexibility index (Phi) is 4.05. The van der Waals surface area contributed by atoms with Gasteiger partial charge in [-0.3, -0.25) is 0 Å². The summed E-state index contributed by atoms with van der Waals surface area (Å²) in [6.45, 7) is 3.11. The molecule has 1 fully saturated rings. The fourth-order valence-electron chi connectivity index (χ4n) is 1.90. The van der Waals surface area contributed by atoms with Crippen molar-refractivity contribution in [2.75, 3.05) is 13.1 Å². The van der Waals surface area contributed by atoms with E-state index in [-0.39, 0.29) is 0 Å². The third-order valence-corrected chi connectivity index (χ3v) is 2.78. The lowest BCUT2D eigenvalue weighted by Gasteiger charge is -2.14. The summed E-state index contributed by atoms with van der Waals surface area (Å²) in [5.74, 6) is 0. The second-order valence-corrected chi connectivity index (χ2v) is 3.97. The molecular weight excluding hydrogens is 188 g/mol. The van der Waals surface area contributed by atoms with Crippen molar-refractivity contribution in [1.29, 1.82) is 0 Å². The van der Waals surface area contributed by atoms with Gasteiger partial charge in [-0.1, -0.05) is 0 Å². The van der Waals surface area contributed by atoms with Gasteiger partial charge in [0.05, 0.1) is 5.69 Å². The van der Waals surface area contributed by atoms with E-state index in [4.69, 9.17) is 0 Å². The highest BCUT2D eigenvalue weighted by Gasteiger charge is 2.10. The largest absolute Gasteiger partial charge is 0.317 e. The summed E-state index contributed by atoms with van der Waals surface area (Å²) in [6.07, 6.45) is 5.44. The molecule has 1 aromatic heterocycles. The van der Waals surface area contributed by atoms with Gasteiger partial charge in [0.1, 0.15) is 0 Å². The first kappa shape index (κ1) is 10.5. The fourth-order valence-corrected chi connectivity index (χ4v) is 1.90. The zero-order valence-electron chi connectivity index (χ0n) is 8.95. The van der Waals surface area contributed by atoms with E-state index in [1.54, 1.807) is 6.20 Å². The Balaban J connectivity index is 1.77. The van der Waals surface area contributed by atoms with E-state index in [2.05, 4.69) is 20.8 Å². The smallest absolute Gasteiger partial charge is 0.0769 e. The molecule has 4 nitrogen and oxygen atoms in total. The molecule has 0 radical (unpaired) electrons. The summed E-state index contributed by atoms with van der Waals surface area (Å²) in [5.41, 5.74) is 1.02. The quantitative estimate of drug-likeness (QED) is 0.764. The van der Waals surface area contributed by atoms with Crippen LogP contribution in [0, 0.1) is 0 Å². The molecule has 0 bridgehead atoms. The van der Waals surface area contributed by atoms with Crippen LogP contribution in [0.1, 0.15) is 25.0 Å². The first-order valence-electron chi connectivity index (χ1n) is 5.66. The molecule has 2 N–H and O–H groups in total. The van der Waals surface area contributed by atoms with Crippen LogP contribution >= 0.6 is 0 Å². The van der Waals surface area contributed by atoms with Gasteiger partial charge in [0.2, 0.25) is 0 Å². The number of nitrogens with zero attached hydrogens (tertiary/aromatic N) is 2. The molecule has 0 aromatic carbocycles. The maximum atomic E-state index is 4.06. The first-order chi connectivity index (χ1) is 7.45. The SMILES string of the molecule is c1cnnc(CNC2CCCNCC2)c1. The molecule has 1 aliphatic rings. The number of rotatable bonds is 3. The van der Waals surface area contributed by atoms with E-state index in [1.165, 1.54) is 19.3 Å². The summed E-state index contributed by atoms with van der Waals surface area (Å²) < 4.78 is 0. The minimum Gasteiger partial charge on any atom is -0.317 e. The Labute approximate surface area is 90.5 Å². The van der Waals surface area contributed by atoms with Gasteiger partial charge in [-0.05, 0) is 44.5 Å². The molecule has 1 atom stereocenters. The van der Waals surface area contributed by atoms with Crippen molar-refractivity contribution in [3.8, 4) is 0 Å². The van der Waals surface area contributed by atoms with Crippen molar-refractivity contribution in [2.24, 2.45) is 0 Å². The molecule has 1 aromatic rings. The molecule has 2 rings (SSSR count). The lowest BCUT2D eigenvalue weighted by Crippen LogP contribution is -2.29. The molecule has 82 valence electrons. The predicted octanol–water partition coefficient (Wildman–Crippen LogP) is 0.708. The molecule has 4 heteroatoms. The average Bonchev–Trinajstić information content (AvgIpc) is 2.56. The van der Waals surface area contributed by atoms with Gasteiger partial charge in [-0.2, -0.15) is 10.2 Å². The summed E-state index contributed by atoms with van der Waals surface area (Å²) in [5, 5.41) is 14.9. The summed E-state index contributed by atoms with van der Waals surface area (Å²) in [7, 11) is 0. The Morgan fingerprint density at radius 2 is 2.40 bits per heavy atom. The van der Waals surface area contributed by atoms with Gasteiger partial charge in [0, 0.05) is 18.8 Å². The van der Waals surface area contributed by atoms with Crippen LogP contribution in [0.25, 0.3) is 0 Å². The van der Waals surface area contributed by atoms with Gasteiger partial charge in [-0.15, -0.1) is 0 Å². The van der Waals surface area contributed by atoms with Crippen LogP contribution in [0.5, 0.6) is 0 Å². The lowest BCUT2D eigenvalue weighted by atomic mass is 10.1. The third kappa shape index (κ3) is 3.57. The average molecular weight is 206 g/mol. The molecule has 0 aliphatic carbocycles. The van der Waals surface area contributed by atoms with Crippen molar-refractivity contribution in [2.45, 2.75) is 31.8 Å². The van der Waals surface area contributed by atoms with E-state index in [0.29, 0.717) is 6.04 Å². The van der Waals surface area contributed by atoms with E-state index in [9.17, 15) is 0 Å². The fraction of sp³-hybridized carbons (Fsp3) is 0.636. The minimum atomic E-state index is 0.627. The molecule has 2 heterocycles. The van der Waals surface area contributed by atoms with Crippen LogP contribution in [0.3, 0.4) is 0 Å². The molecule has 1 aliphatic heterocycles. The maximum absolute atomic E-state index is 4.06. The Bertz CT molecular complexity index is 267. The zero-order valence-corrected chi connectivity index (χ0v) is 8.95. The van der Waals surface area contributed by atoms with Crippen LogP contribution in [0.2, 0.25) is 0 Å². The van der Waals surface area contributed by atoms with Gasteiger partial charge >= 0.3 is 0 Å². The minimum absolute atomic E-state index is 0.627. The summed E-state index contributed by atoms with van der Waals surface area (Å²) in [6, 6.07) is 4.56. The molecule has 0 saturated carbocycles. The highest BCUT2D eigenvalue weighted by atomic mass is 15.1. The van der Waals surface area contributed by atoms with Gasteiger partial charge in [0.25, 0.3) is 0 Å². The van der Waals surface area contributed by atoms with E-state index in [0.717, 1.165) is 25.3 Å². The molecule has 1 saturated heterocycles. The van der Waals surface area contributed by atoms with Crippen molar-refractivity contribution in [3.05, 3.63) is 24.0 Å². The zero-order chi connectivity index (χ0) is 10.3. The second kappa shape index (κ2) is 5.78. The Morgan fingerprint density at radius 1 is 1.40 bits per heavy atom. The van der Waals surface area contributed by atoms with Crippen LogP contribution in [0.4, 0.5) is 0 Å². The van der Waals surface area contributed by atoms with Gasteiger partial charge in [0.15, 0.2) is 0 Å². The van der Waals surface area contributed by atoms with Gasteiger partial charge in [-0.25, -0.2) is 0 Å². The third-order valence-electron chi connectivity index (χ3n) is 2.78.